The number of rotatable bonds is 0. The van der Waals surface area contributed by atoms with E-state index in [1.54, 1.807) is 0 Å². The van der Waals surface area contributed by atoms with Gasteiger partial charge < -0.3 is 10.2 Å². The van der Waals surface area contributed by atoms with Crippen LogP contribution in [-0.2, 0) is 0 Å². The van der Waals surface area contributed by atoms with Crippen LogP contribution in [0.15, 0.2) is 11.6 Å². The Morgan fingerprint density at radius 1 is 1.36 bits per heavy atom. The maximum absolute atomic E-state index is 9.40. The minimum Gasteiger partial charge on any atom is -0.365 e. The zero-order chi connectivity index (χ0) is 8.70. The summed E-state index contributed by atoms with van der Waals surface area (Å²) >= 11 is 0. The highest BCUT2D eigenvalue weighted by Gasteiger charge is 2.35. The Labute approximate surface area is 67.6 Å². The van der Waals surface area contributed by atoms with Crippen molar-refractivity contribution in [2.45, 2.75) is 39.4 Å². The number of hydrogen-bond acceptors (Lipinski definition) is 2. The van der Waals surface area contributed by atoms with Gasteiger partial charge in [0.15, 0.2) is 5.79 Å². The molecule has 1 rings (SSSR count). The molecule has 2 heteroatoms. The van der Waals surface area contributed by atoms with Crippen LogP contribution in [0.5, 0.6) is 0 Å². The molecule has 0 aromatic rings. The Bertz CT molecular complexity index is 190. The molecular weight excluding hydrogens is 140 g/mol. The number of allylic oxidation sites excluding steroid dienone is 1. The second-order valence-electron chi connectivity index (χ2n) is 4.32. The van der Waals surface area contributed by atoms with Crippen molar-refractivity contribution in [1.29, 1.82) is 0 Å². The topological polar surface area (TPSA) is 40.5 Å². The third-order valence-corrected chi connectivity index (χ3v) is 1.94. The molecule has 1 aliphatic carbocycles. The van der Waals surface area contributed by atoms with Crippen molar-refractivity contribution in [1.82, 2.24) is 0 Å². The maximum Gasteiger partial charge on any atom is 0.167 e. The van der Waals surface area contributed by atoms with Crippen LogP contribution in [0.2, 0.25) is 0 Å². The van der Waals surface area contributed by atoms with Gasteiger partial charge in [0.1, 0.15) is 0 Å². The normalized spacial score (nSPS) is 27.9. The molecule has 0 heterocycles. The SMILES string of the molecule is CC1=CC(C)(C)CC(O)(O)C1. The van der Waals surface area contributed by atoms with Crippen LogP contribution in [0.25, 0.3) is 0 Å². The van der Waals surface area contributed by atoms with Crippen molar-refractivity contribution in [2.24, 2.45) is 5.41 Å². The summed E-state index contributed by atoms with van der Waals surface area (Å²) in [4.78, 5) is 0. The summed E-state index contributed by atoms with van der Waals surface area (Å²) in [5, 5.41) is 18.8. The maximum atomic E-state index is 9.40. The van der Waals surface area contributed by atoms with E-state index >= 15 is 0 Å². The summed E-state index contributed by atoms with van der Waals surface area (Å²) in [5.41, 5.74) is 0.984. The Balaban J connectivity index is 2.86. The average Bonchev–Trinajstić information content (AvgIpc) is 1.49. The number of aliphatic hydroxyl groups is 2. The summed E-state index contributed by atoms with van der Waals surface area (Å²) in [6.45, 7) is 5.95. The van der Waals surface area contributed by atoms with Gasteiger partial charge in [0.2, 0.25) is 0 Å². The standard InChI is InChI=1S/C9H16O2/c1-7-4-8(2,3)6-9(10,11)5-7/h4,10-11H,5-6H2,1-3H3. The van der Waals surface area contributed by atoms with E-state index in [-0.39, 0.29) is 5.41 Å². The van der Waals surface area contributed by atoms with Crippen LogP contribution >= 0.6 is 0 Å². The molecule has 0 aromatic carbocycles. The molecule has 0 aromatic heterocycles. The highest BCUT2D eigenvalue weighted by Crippen LogP contribution is 2.37. The van der Waals surface area contributed by atoms with Crippen molar-refractivity contribution in [3.05, 3.63) is 11.6 Å². The summed E-state index contributed by atoms with van der Waals surface area (Å²) in [6, 6.07) is 0. The van der Waals surface area contributed by atoms with Gasteiger partial charge in [-0.05, 0) is 12.3 Å². The molecule has 2 N–H and O–H groups in total. The van der Waals surface area contributed by atoms with Gasteiger partial charge in [-0.3, -0.25) is 0 Å². The third kappa shape index (κ3) is 2.31. The molecule has 0 saturated carbocycles. The Hall–Kier alpha value is -0.340. The van der Waals surface area contributed by atoms with Crippen LogP contribution in [-0.4, -0.2) is 16.0 Å². The molecule has 64 valence electrons. The first-order valence-corrected chi connectivity index (χ1v) is 3.94. The summed E-state index contributed by atoms with van der Waals surface area (Å²) in [6.07, 6.45) is 2.92. The predicted molar refractivity (Wildman–Crippen MR) is 43.9 cm³/mol. The predicted octanol–water partition coefficient (Wildman–Crippen LogP) is 1.43. The van der Waals surface area contributed by atoms with Crippen molar-refractivity contribution in [3.63, 3.8) is 0 Å². The van der Waals surface area contributed by atoms with Gasteiger partial charge in [0.05, 0.1) is 0 Å². The van der Waals surface area contributed by atoms with Crippen LogP contribution in [0, 0.1) is 5.41 Å². The van der Waals surface area contributed by atoms with E-state index in [2.05, 4.69) is 6.08 Å². The average molecular weight is 156 g/mol. The molecule has 11 heavy (non-hydrogen) atoms. The Morgan fingerprint density at radius 2 is 1.91 bits per heavy atom. The lowest BCUT2D eigenvalue weighted by molar-refractivity contribution is -0.180. The fourth-order valence-corrected chi connectivity index (χ4v) is 2.01. The molecule has 1 aliphatic rings. The van der Waals surface area contributed by atoms with Gasteiger partial charge in [0, 0.05) is 12.8 Å². The highest BCUT2D eigenvalue weighted by molar-refractivity contribution is 5.12. The van der Waals surface area contributed by atoms with E-state index in [0.29, 0.717) is 12.8 Å². The summed E-state index contributed by atoms with van der Waals surface area (Å²) in [7, 11) is 0. The monoisotopic (exact) mass is 156 g/mol. The minimum absolute atomic E-state index is 0.0775. The molecule has 0 amide bonds. The second kappa shape index (κ2) is 2.32. The van der Waals surface area contributed by atoms with E-state index in [1.165, 1.54) is 0 Å². The first kappa shape index (κ1) is 8.75. The van der Waals surface area contributed by atoms with E-state index in [0.717, 1.165) is 5.57 Å². The molecule has 0 radical (unpaired) electrons. The first-order chi connectivity index (χ1) is 4.81. The Morgan fingerprint density at radius 3 is 2.27 bits per heavy atom. The first-order valence-electron chi connectivity index (χ1n) is 3.94. The van der Waals surface area contributed by atoms with Crippen molar-refractivity contribution < 1.29 is 10.2 Å². The molecule has 0 aliphatic heterocycles. The lowest BCUT2D eigenvalue weighted by atomic mass is 9.77. The van der Waals surface area contributed by atoms with Crippen LogP contribution in [0.3, 0.4) is 0 Å². The van der Waals surface area contributed by atoms with Gasteiger partial charge in [-0.1, -0.05) is 25.5 Å². The fraction of sp³-hybridized carbons (Fsp3) is 0.778. The zero-order valence-electron chi connectivity index (χ0n) is 7.39. The molecule has 0 unspecified atom stereocenters. The van der Waals surface area contributed by atoms with Crippen molar-refractivity contribution in [3.8, 4) is 0 Å². The van der Waals surface area contributed by atoms with Gasteiger partial charge in [0.25, 0.3) is 0 Å². The second-order valence-corrected chi connectivity index (χ2v) is 4.32. The molecule has 0 atom stereocenters. The molecule has 2 nitrogen and oxygen atoms in total. The number of hydrogen-bond donors (Lipinski definition) is 2. The summed E-state index contributed by atoms with van der Waals surface area (Å²) in [5.74, 6) is -1.48. The highest BCUT2D eigenvalue weighted by atomic mass is 16.5. The largest absolute Gasteiger partial charge is 0.365 e. The Kier molecular flexibility index (Phi) is 1.85. The van der Waals surface area contributed by atoms with E-state index < -0.39 is 5.79 Å². The molecule has 0 spiro atoms. The van der Waals surface area contributed by atoms with E-state index in [4.69, 9.17) is 0 Å². The van der Waals surface area contributed by atoms with Crippen LogP contribution in [0.1, 0.15) is 33.6 Å². The molecular formula is C9H16O2. The van der Waals surface area contributed by atoms with Crippen LogP contribution < -0.4 is 0 Å². The van der Waals surface area contributed by atoms with Crippen LogP contribution in [0.4, 0.5) is 0 Å². The van der Waals surface area contributed by atoms with E-state index in [1.807, 2.05) is 20.8 Å². The van der Waals surface area contributed by atoms with Gasteiger partial charge in [-0.25, -0.2) is 0 Å². The zero-order valence-corrected chi connectivity index (χ0v) is 7.39. The minimum atomic E-state index is -1.48. The quantitative estimate of drug-likeness (QED) is 0.411. The summed E-state index contributed by atoms with van der Waals surface area (Å²) < 4.78 is 0. The lowest BCUT2D eigenvalue weighted by Gasteiger charge is -2.35. The molecule has 0 fully saturated rings. The van der Waals surface area contributed by atoms with Crippen molar-refractivity contribution >= 4 is 0 Å². The van der Waals surface area contributed by atoms with Crippen molar-refractivity contribution in [2.75, 3.05) is 0 Å². The van der Waals surface area contributed by atoms with E-state index in [9.17, 15) is 10.2 Å². The third-order valence-electron chi connectivity index (χ3n) is 1.94. The van der Waals surface area contributed by atoms with Gasteiger partial charge in [-0.15, -0.1) is 0 Å². The van der Waals surface area contributed by atoms with Gasteiger partial charge >= 0.3 is 0 Å². The lowest BCUT2D eigenvalue weighted by Crippen LogP contribution is -2.37. The molecule has 0 bridgehead atoms. The molecule has 0 saturated heterocycles. The van der Waals surface area contributed by atoms with Gasteiger partial charge in [-0.2, -0.15) is 0 Å². The fourth-order valence-electron chi connectivity index (χ4n) is 2.01. The smallest absolute Gasteiger partial charge is 0.167 e.